The molecule has 2 heterocycles. The van der Waals surface area contributed by atoms with Crippen molar-refractivity contribution in [3.05, 3.63) is 18.2 Å². The SMILES string of the molecule is O=C(Nc1cc(S(=O)(=O)N2CCOCC2)ccc1NC[C@H]1CCCO1)C1CCCC1. The Labute approximate surface area is 178 Å². The summed E-state index contributed by atoms with van der Waals surface area (Å²) in [4.78, 5) is 12.9. The van der Waals surface area contributed by atoms with Gasteiger partial charge in [-0.25, -0.2) is 8.42 Å². The molecule has 2 N–H and O–H groups in total. The number of ether oxygens (including phenoxy) is 2. The maximum Gasteiger partial charge on any atom is 0.243 e. The maximum absolute atomic E-state index is 13.1. The number of benzene rings is 1. The first-order valence-electron chi connectivity index (χ1n) is 10.9. The van der Waals surface area contributed by atoms with Crippen LogP contribution in [0.15, 0.2) is 23.1 Å². The van der Waals surface area contributed by atoms with Crippen LogP contribution in [0, 0.1) is 5.92 Å². The number of amides is 1. The van der Waals surface area contributed by atoms with E-state index in [0.717, 1.165) is 50.8 Å². The van der Waals surface area contributed by atoms with Gasteiger partial charge in [0.1, 0.15) is 0 Å². The van der Waals surface area contributed by atoms with Gasteiger partial charge in [0.25, 0.3) is 0 Å². The smallest absolute Gasteiger partial charge is 0.243 e. The van der Waals surface area contributed by atoms with Gasteiger partial charge in [-0.3, -0.25) is 4.79 Å². The van der Waals surface area contributed by atoms with E-state index >= 15 is 0 Å². The van der Waals surface area contributed by atoms with Crippen LogP contribution < -0.4 is 10.6 Å². The van der Waals surface area contributed by atoms with Gasteiger partial charge < -0.3 is 20.1 Å². The van der Waals surface area contributed by atoms with Crippen molar-refractivity contribution in [3.63, 3.8) is 0 Å². The molecule has 30 heavy (non-hydrogen) atoms. The summed E-state index contributed by atoms with van der Waals surface area (Å²) in [6.07, 6.45) is 6.09. The standard InChI is InChI=1S/C21H31N3O5S/c25-21(16-4-1-2-5-16)23-20-14-18(30(26,27)24-9-12-28-13-10-24)7-8-19(20)22-15-17-6-3-11-29-17/h7-8,14,16-17,22H,1-6,9-13,15H2,(H,23,25)/t17-/m1/s1. The molecule has 0 radical (unpaired) electrons. The molecule has 1 aromatic carbocycles. The summed E-state index contributed by atoms with van der Waals surface area (Å²) in [5.74, 6) is -0.0379. The molecule has 2 saturated heterocycles. The minimum atomic E-state index is -3.64. The van der Waals surface area contributed by atoms with E-state index in [1.165, 1.54) is 4.31 Å². The second kappa shape index (κ2) is 9.64. The van der Waals surface area contributed by atoms with Gasteiger partial charge in [-0.05, 0) is 43.9 Å². The molecule has 1 amide bonds. The second-order valence-corrected chi connectivity index (χ2v) is 10.1. The molecular formula is C21H31N3O5S. The summed E-state index contributed by atoms with van der Waals surface area (Å²) in [7, 11) is -3.64. The highest BCUT2D eigenvalue weighted by Crippen LogP contribution is 2.31. The number of morpholine rings is 1. The minimum Gasteiger partial charge on any atom is -0.381 e. The molecular weight excluding hydrogens is 406 g/mol. The molecule has 4 rings (SSSR count). The summed E-state index contributed by atoms with van der Waals surface area (Å²) in [6, 6.07) is 4.93. The minimum absolute atomic E-state index is 0.00415. The Hall–Kier alpha value is -1.68. The molecule has 3 fully saturated rings. The first kappa shape index (κ1) is 21.5. The first-order chi connectivity index (χ1) is 14.5. The highest BCUT2D eigenvalue weighted by molar-refractivity contribution is 7.89. The number of sulfonamides is 1. The molecule has 166 valence electrons. The number of rotatable bonds is 7. The molecule has 1 aliphatic carbocycles. The molecule has 0 aromatic heterocycles. The Balaban J connectivity index is 1.56. The monoisotopic (exact) mass is 437 g/mol. The van der Waals surface area contributed by atoms with Gasteiger partial charge in [-0.1, -0.05) is 12.8 Å². The largest absolute Gasteiger partial charge is 0.381 e. The first-order valence-corrected chi connectivity index (χ1v) is 12.4. The summed E-state index contributed by atoms with van der Waals surface area (Å²) in [6.45, 7) is 2.86. The number of hydrogen-bond acceptors (Lipinski definition) is 6. The Bertz CT molecular complexity index is 842. The lowest BCUT2D eigenvalue weighted by Crippen LogP contribution is -2.40. The quantitative estimate of drug-likeness (QED) is 0.680. The normalized spacial score (nSPS) is 23.5. The van der Waals surface area contributed by atoms with Crippen molar-refractivity contribution in [1.82, 2.24) is 4.31 Å². The van der Waals surface area contributed by atoms with Gasteiger partial charge in [0.15, 0.2) is 0 Å². The van der Waals surface area contributed by atoms with Crippen LogP contribution >= 0.6 is 0 Å². The van der Waals surface area contributed by atoms with E-state index in [-0.39, 0.29) is 22.8 Å². The Morgan fingerprint density at radius 2 is 1.80 bits per heavy atom. The zero-order chi connectivity index (χ0) is 21.0. The predicted octanol–water partition coefficient (Wildman–Crippen LogP) is 2.43. The average molecular weight is 438 g/mol. The van der Waals surface area contributed by atoms with Crippen LogP contribution in [0.5, 0.6) is 0 Å². The van der Waals surface area contributed by atoms with Crippen LogP contribution in [-0.2, 0) is 24.3 Å². The fourth-order valence-electron chi connectivity index (χ4n) is 4.33. The van der Waals surface area contributed by atoms with Gasteiger partial charge >= 0.3 is 0 Å². The number of carbonyl (C=O) groups is 1. The number of carbonyl (C=O) groups excluding carboxylic acids is 1. The van der Waals surface area contributed by atoms with Crippen molar-refractivity contribution < 1.29 is 22.7 Å². The third-order valence-electron chi connectivity index (χ3n) is 6.13. The Morgan fingerprint density at radius 1 is 1.03 bits per heavy atom. The lowest BCUT2D eigenvalue weighted by Gasteiger charge is -2.26. The molecule has 2 aliphatic heterocycles. The zero-order valence-corrected chi connectivity index (χ0v) is 18.1. The third-order valence-corrected chi connectivity index (χ3v) is 8.02. The van der Waals surface area contributed by atoms with Crippen molar-refractivity contribution in [2.75, 3.05) is 50.1 Å². The van der Waals surface area contributed by atoms with Crippen LogP contribution in [-0.4, -0.2) is 64.2 Å². The van der Waals surface area contributed by atoms with Crippen LogP contribution in [0.1, 0.15) is 38.5 Å². The van der Waals surface area contributed by atoms with Gasteiger partial charge in [-0.2, -0.15) is 4.31 Å². The Kier molecular flexibility index (Phi) is 6.92. The van der Waals surface area contributed by atoms with E-state index in [1.807, 2.05) is 0 Å². The highest BCUT2D eigenvalue weighted by Gasteiger charge is 2.28. The molecule has 1 aromatic rings. The van der Waals surface area contributed by atoms with Crippen LogP contribution in [0.2, 0.25) is 0 Å². The summed E-state index contributed by atoms with van der Waals surface area (Å²) in [5, 5.41) is 6.33. The summed E-state index contributed by atoms with van der Waals surface area (Å²) >= 11 is 0. The van der Waals surface area contributed by atoms with Crippen molar-refractivity contribution in [2.24, 2.45) is 5.92 Å². The lowest BCUT2D eigenvalue weighted by atomic mass is 10.1. The second-order valence-electron chi connectivity index (χ2n) is 8.21. The van der Waals surface area contributed by atoms with E-state index in [4.69, 9.17) is 9.47 Å². The molecule has 9 heteroatoms. The van der Waals surface area contributed by atoms with Gasteiger partial charge in [0, 0.05) is 32.2 Å². The van der Waals surface area contributed by atoms with E-state index in [2.05, 4.69) is 10.6 Å². The summed E-state index contributed by atoms with van der Waals surface area (Å²) in [5.41, 5.74) is 1.23. The summed E-state index contributed by atoms with van der Waals surface area (Å²) < 4.78 is 38.5. The van der Waals surface area contributed by atoms with Gasteiger partial charge in [0.2, 0.25) is 15.9 Å². The highest BCUT2D eigenvalue weighted by atomic mass is 32.2. The molecule has 8 nitrogen and oxygen atoms in total. The Morgan fingerprint density at radius 3 is 2.50 bits per heavy atom. The van der Waals surface area contributed by atoms with Gasteiger partial charge in [0.05, 0.1) is 35.6 Å². The number of anilines is 2. The van der Waals surface area contributed by atoms with E-state index < -0.39 is 10.0 Å². The van der Waals surface area contributed by atoms with Crippen molar-refractivity contribution in [2.45, 2.75) is 49.5 Å². The van der Waals surface area contributed by atoms with E-state index in [0.29, 0.717) is 38.5 Å². The number of hydrogen-bond donors (Lipinski definition) is 2. The molecule has 0 bridgehead atoms. The number of nitrogens with one attached hydrogen (secondary N) is 2. The average Bonchev–Trinajstić information content (AvgIpc) is 3.47. The zero-order valence-electron chi connectivity index (χ0n) is 17.3. The predicted molar refractivity (Wildman–Crippen MR) is 114 cm³/mol. The topological polar surface area (TPSA) is 97.0 Å². The van der Waals surface area contributed by atoms with E-state index in [9.17, 15) is 13.2 Å². The third kappa shape index (κ3) is 4.96. The molecule has 3 aliphatic rings. The fourth-order valence-corrected chi connectivity index (χ4v) is 5.76. The van der Waals surface area contributed by atoms with Crippen molar-refractivity contribution >= 4 is 27.3 Å². The molecule has 1 atom stereocenters. The fraction of sp³-hybridized carbons (Fsp3) is 0.667. The number of nitrogens with zero attached hydrogens (tertiary/aromatic N) is 1. The maximum atomic E-state index is 13.1. The van der Waals surface area contributed by atoms with Crippen LogP contribution in [0.25, 0.3) is 0 Å². The molecule has 0 spiro atoms. The lowest BCUT2D eigenvalue weighted by molar-refractivity contribution is -0.119. The van der Waals surface area contributed by atoms with Crippen LogP contribution in [0.3, 0.4) is 0 Å². The van der Waals surface area contributed by atoms with E-state index in [1.54, 1.807) is 18.2 Å². The van der Waals surface area contributed by atoms with Crippen LogP contribution in [0.4, 0.5) is 11.4 Å². The molecule has 1 saturated carbocycles. The van der Waals surface area contributed by atoms with Crippen molar-refractivity contribution in [3.8, 4) is 0 Å². The van der Waals surface area contributed by atoms with Crippen molar-refractivity contribution in [1.29, 1.82) is 0 Å². The molecule has 0 unspecified atom stereocenters. The van der Waals surface area contributed by atoms with Gasteiger partial charge in [-0.15, -0.1) is 0 Å².